The lowest BCUT2D eigenvalue weighted by Crippen LogP contribution is -2.32. The number of hydrogen-bond acceptors (Lipinski definition) is 4. The molecule has 164 valence electrons. The zero-order valence-electron chi connectivity index (χ0n) is 18.2. The zero-order chi connectivity index (χ0) is 22.9. The Balaban J connectivity index is 1.38. The van der Waals surface area contributed by atoms with Crippen molar-refractivity contribution in [2.24, 2.45) is 0 Å². The first-order valence-electron chi connectivity index (χ1n) is 10.9. The van der Waals surface area contributed by atoms with Crippen molar-refractivity contribution in [3.63, 3.8) is 0 Å². The molecular weight excluding hydrogens is 410 g/mol. The molecule has 0 saturated carbocycles. The predicted molar refractivity (Wildman–Crippen MR) is 129 cm³/mol. The van der Waals surface area contributed by atoms with Crippen LogP contribution in [0, 0.1) is 11.3 Å². The van der Waals surface area contributed by atoms with E-state index in [1.165, 1.54) is 0 Å². The molecule has 0 aliphatic carbocycles. The summed E-state index contributed by atoms with van der Waals surface area (Å²) < 4.78 is 1.74. The minimum Gasteiger partial charge on any atom is -0.315 e. The highest BCUT2D eigenvalue weighted by atomic mass is 16.2. The van der Waals surface area contributed by atoms with Gasteiger partial charge in [0.25, 0.3) is 0 Å². The summed E-state index contributed by atoms with van der Waals surface area (Å²) in [5.41, 5.74) is 3.68. The topological polar surface area (TPSA) is 82.7 Å². The van der Waals surface area contributed by atoms with E-state index in [-0.39, 0.29) is 11.8 Å². The SMILES string of the molecule is N#Cc1ccc(CCNCC(C(=O)Nc2ccn(-c3ccccc3)n2)c2ccccc2)cc1. The van der Waals surface area contributed by atoms with Gasteiger partial charge < -0.3 is 10.6 Å². The van der Waals surface area contributed by atoms with E-state index >= 15 is 0 Å². The number of nitriles is 1. The maximum absolute atomic E-state index is 13.2. The van der Waals surface area contributed by atoms with Crippen LogP contribution in [-0.4, -0.2) is 28.8 Å². The normalized spacial score (nSPS) is 11.5. The fraction of sp³-hybridized carbons (Fsp3) is 0.148. The van der Waals surface area contributed by atoms with Crippen LogP contribution in [0.25, 0.3) is 5.69 Å². The molecule has 1 heterocycles. The summed E-state index contributed by atoms with van der Waals surface area (Å²) in [6.45, 7) is 1.23. The van der Waals surface area contributed by atoms with E-state index in [2.05, 4.69) is 21.8 Å². The minimum atomic E-state index is -0.353. The van der Waals surface area contributed by atoms with Crippen molar-refractivity contribution in [3.05, 3.63) is 114 Å². The van der Waals surface area contributed by atoms with E-state index in [4.69, 9.17) is 5.26 Å². The van der Waals surface area contributed by atoms with Crippen LogP contribution in [0.3, 0.4) is 0 Å². The Hall–Kier alpha value is -4.21. The molecule has 0 fully saturated rings. The Morgan fingerprint density at radius 3 is 2.33 bits per heavy atom. The van der Waals surface area contributed by atoms with Crippen molar-refractivity contribution in [3.8, 4) is 11.8 Å². The van der Waals surface area contributed by atoms with Gasteiger partial charge in [-0.1, -0.05) is 60.7 Å². The number of hydrogen-bond donors (Lipinski definition) is 2. The van der Waals surface area contributed by atoms with Crippen molar-refractivity contribution < 1.29 is 4.79 Å². The maximum Gasteiger partial charge on any atom is 0.234 e. The first-order chi connectivity index (χ1) is 16.2. The lowest BCUT2D eigenvalue weighted by molar-refractivity contribution is -0.117. The average molecular weight is 436 g/mol. The summed E-state index contributed by atoms with van der Waals surface area (Å²) in [6.07, 6.45) is 2.65. The number of carbonyl (C=O) groups excluding carboxylic acids is 1. The van der Waals surface area contributed by atoms with Gasteiger partial charge in [0, 0.05) is 18.8 Å². The minimum absolute atomic E-state index is 0.106. The number of benzene rings is 3. The van der Waals surface area contributed by atoms with Crippen molar-refractivity contribution in [1.29, 1.82) is 5.26 Å². The number of carbonyl (C=O) groups is 1. The first kappa shape index (κ1) is 22.0. The van der Waals surface area contributed by atoms with Gasteiger partial charge in [-0.05, 0) is 48.4 Å². The number of nitrogens with one attached hydrogen (secondary N) is 2. The van der Waals surface area contributed by atoms with Gasteiger partial charge >= 0.3 is 0 Å². The molecule has 6 heteroatoms. The highest BCUT2D eigenvalue weighted by molar-refractivity contribution is 5.95. The largest absolute Gasteiger partial charge is 0.315 e. The second-order valence-electron chi connectivity index (χ2n) is 7.70. The second kappa shape index (κ2) is 10.9. The third kappa shape index (κ3) is 5.94. The third-order valence-corrected chi connectivity index (χ3v) is 5.40. The van der Waals surface area contributed by atoms with Gasteiger partial charge in [-0.15, -0.1) is 0 Å². The van der Waals surface area contributed by atoms with Gasteiger partial charge in [0.05, 0.1) is 23.2 Å². The molecule has 6 nitrogen and oxygen atoms in total. The van der Waals surface area contributed by atoms with Crippen molar-refractivity contribution in [2.75, 3.05) is 18.4 Å². The molecule has 0 spiro atoms. The molecule has 0 aliphatic rings. The van der Waals surface area contributed by atoms with Crippen LogP contribution in [0.15, 0.2) is 97.2 Å². The van der Waals surface area contributed by atoms with E-state index in [1.807, 2.05) is 91.1 Å². The first-order valence-corrected chi connectivity index (χ1v) is 10.9. The molecule has 1 atom stereocenters. The average Bonchev–Trinajstić information content (AvgIpc) is 3.34. The second-order valence-corrected chi connectivity index (χ2v) is 7.70. The Bertz CT molecular complexity index is 1210. The Morgan fingerprint density at radius 1 is 0.939 bits per heavy atom. The molecule has 0 aliphatic heterocycles. The molecule has 1 aromatic heterocycles. The highest BCUT2D eigenvalue weighted by Crippen LogP contribution is 2.18. The van der Waals surface area contributed by atoms with Gasteiger partial charge in [0.15, 0.2) is 5.82 Å². The predicted octanol–water partition coefficient (Wildman–Crippen LogP) is 4.30. The maximum atomic E-state index is 13.2. The molecule has 1 unspecified atom stereocenters. The zero-order valence-corrected chi connectivity index (χ0v) is 18.2. The molecule has 2 N–H and O–H groups in total. The lowest BCUT2D eigenvalue weighted by atomic mass is 9.98. The van der Waals surface area contributed by atoms with E-state index in [0.29, 0.717) is 17.9 Å². The van der Waals surface area contributed by atoms with Gasteiger partial charge in [-0.3, -0.25) is 4.79 Å². The molecule has 4 aromatic rings. The summed E-state index contributed by atoms with van der Waals surface area (Å²) in [4.78, 5) is 13.2. The summed E-state index contributed by atoms with van der Waals surface area (Å²) in [5, 5.41) is 19.8. The highest BCUT2D eigenvalue weighted by Gasteiger charge is 2.21. The van der Waals surface area contributed by atoms with E-state index < -0.39 is 0 Å². The molecule has 0 radical (unpaired) electrons. The Kier molecular flexibility index (Phi) is 7.26. The molecule has 4 rings (SSSR count). The molecule has 33 heavy (non-hydrogen) atoms. The van der Waals surface area contributed by atoms with Crippen LogP contribution < -0.4 is 10.6 Å². The summed E-state index contributed by atoms with van der Waals surface area (Å²) in [7, 11) is 0. The van der Waals surface area contributed by atoms with Gasteiger partial charge in [-0.25, -0.2) is 4.68 Å². The van der Waals surface area contributed by atoms with Crippen LogP contribution in [0.1, 0.15) is 22.6 Å². The van der Waals surface area contributed by atoms with E-state index in [0.717, 1.165) is 29.8 Å². The fourth-order valence-corrected chi connectivity index (χ4v) is 3.60. The monoisotopic (exact) mass is 435 g/mol. The lowest BCUT2D eigenvalue weighted by Gasteiger charge is -2.17. The van der Waals surface area contributed by atoms with Crippen molar-refractivity contribution in [1.82, 2.24) is 15.1 Å². The summed E-state index contributed by atoms with van der Waals surface area (Å²) >= 11 is 0. The summed E-state index contributed by atoms with van der Waals surface area (Å²) in [6, 6.07) is 31.0. The standard InChI is InChI=1S/C27H25N5O/c28-19-22-13-11-21(12-14-22)15-17-29-20-25(23-7-3-1-4-8-23)27(33)30-26-16-18-32(31-26)24-9-5-2-6-10-24/h1-14,16,18,25,29H,15,17,20H2,(H,30,31,33). The number of rotatable bonds is 9. The van der Waals surface area contributed by atoms with Gasteiger partial charge in [0.1, 0.15) is 0 Å². The number of aromatic nitrogens is 2. The molecule has 0 saturated heterocycles. The molecule has 3 aromatic carbocycles. The van der Waals surface area contributed by atoms with Gasteiger partial charge in [0.2, 0.25) is 5.91 Å². The van der Waals surface area contributed by atoms with Gasteiger partial charge in [-0.2, -0.15) is 10.4 Å². The van der Waals surface area contributed by atoms with Crippen LogP contribution in [0.5, 0.6) is 0 Å². The third-order valence-electron chi connectivity index (χ3n) is 5.40. The Morgan fingerprint density at radius 2 is 1.64 bits per heavy atom. The number of anilines is 1. The smallest absolute Gasteiger partial charge is 0.234 e. The molecule has 1 amide bonds. The van der Waals surface area contributed by atoms with Crippen LogP contribution in [-0.2, 0) is 11.2 Å². The summed E-state index contributed by atoms with van der Waals surface area (Å²) in [5.74, 6) is 0.0572. The number of para-hydroxylation sites is 1. The van der Waals surface area contributed by atoms with Crippen LogP contribution >= 0.6 is 0 Å². The molecular formula is C27H25N5O. The molecule has 0 bridgehead atoms. The van der Waals surface area contributed by atoms with Crippen LogP contribution in [0.4, 0.5) is 5.82 Å². The van der Waals surface area contributed by atoms with E-state index in [9.17, 15) is 4.79 Å². The van der Waals surface area contributed by atoms with Crippen molar-refractivity contribution >= 4 is 11.7 Å². The fourth-order valence-electron chi connectivity index (χ4n) is 3.60. The van der Waals surface area contributed by atoms with Crippen LogP contribution in [0.2, 0.25) is 0 Å². The number of nitrogens with zero attached hydrogens (tertiary/aromatic N) is 3. The van der Waals surface area contributed by atoms with E-state index in [1.54, 1.807) is 10.7 Å². The van der Waals surface area contributed by atoms with Crippen molar-refractivity contribution in [2.45, 2.75) is 12.3 Å². The number of amides is 1. The Labute approximate surface area is 193 Å². The quantitative estimate of drug-likeness (QED) is 0.384.